The third-order valence-corrected chi connectivity index (χ3v) is 6.26. The standard InChI is InChI=1S/C20H23NO3S/c1-15-10-12-17(13-11-15)25(22,23)21(3)20-19(9-6-14-24-20)18-8-5-4-7-16(18)2/h4-5,7-8,10-13H,6,9,14H2,1-3H3. The summed E-state index contributed by atoms with van der Waals surface area (Å²) in [5.41, 5.74) is 4.13. The fourth-order valence-electron chi connectivity index (χ4n) is 3.03. The molecule has 5 heteroatoms. The van der Waals surface area contributed by atoms with Crippen molar-refractivity contribution in [2.24, 2.45) is 0 Å². The molecule has 3 rings (SSSR count). The van der Waals surface area contributed by atoms with Gasteiger partial charge in [-0.25, -0.2) is 12.7 Å². The van der Waals surface area contributed by atoms with Crippen LogP contribution in [0.25, 0.3) is 5.57 Å². The number of benzene rings is 2. The van der Waals surface area contributed by atoms with E-state index in [0.717, 1.165) is 35.1 Å². The van der Waals surface area contributed by atoms with E-state index >= 15 is 0 Å². The molecule has 0 atom stereocenters. The van der Waals surface area contributed by atoms with E-state index in [0.29, 0.717) is 12.5 Å². The predicted octanol–water partition coefficient (Wildman–Crippen LogP) is 4.10. The summed E-state index contributed by atoms with van der Waals surface area (Å²) in [6.45, 7) is 4.49. The van der Waals surface area contributed by atoms with Crippen LogP contribution in [0.15, 0.2) is 59.3 Å². The number of allylic oxidation sites excluding steroid dienone is 1. The summed E-state index contributed by atoms with van der Waals surface area (Å²) >= 11 is 0. The van der Waals surface area contributed by atoms with Crippen LogP contribution in [0.4, 0.5) is 0 Å². The van der Waals surface area contributed by atoms with E-state index < -0.39 is 10.0 Å². The molecule has 132 valence electrons. The van der Waals surface area contributed by atoms with Gasteiger partial charge in [0.1, 0.15) is 0 Å². The number of rotatable bonds is 4. The third kappa shape index (κ3) is 3.42. The minimum atomic E-state index is -3.66. The summed E-state index contributed by atoms with van der Waals surface area (Å²) in [4.78, 5) is 0.270. The molecule has 25 heavy (non-hydrogen) atoms. The summed E-state index contributed by atoms with van der Waals surface area (Å²) in [5.74, 6) is 0.432. The molecular weight excluding hydrogens is 334 g/mol. The molecule has 2 aromatic carbocycles. The second-order valence-electron chi connectivity index (χ2n) is 6.34. The first kappa shape index (κ1) is 17.5. The number of nitrogens with zero attached hydrogens (tertiary/aromatic N) is 1. The van der Waals surface area contributed by atoms with Gasteiger partial charge in [0, 0.05) is 12.6 Å². The number of hydrogen-bond donors (Lipinski definition) is 0. The van der Waals surface area contributed by atoms with Gasteiger partial charge in [0.2, 0.25) is 5.88 Å². The maximum absolute atomic E-state index is 13.0. The van der Waals surface area contributed by atoms with Crippen LogP contribution in [0, 0.1) is 13.8 Å². The molecule has 0 radical (unpaired) electrons. The van der Waals surface area contributed by atoms with E-state index in [-0.39, 0.29) is 4.90 Å². The fraction of sp³-hybridized carbons (Fsp3) is 0.300. The molecule has 0 saturated carbocycles. The van der Waals surface area contributed by atoms with Crippen molar-refractivity contribution < 1.29 is 13.2 Å². The molecule has 0 amide bonds. The lowest BCUT2D eigenvalue weighted by atomic mass is 9.96. The normalized spacial score (nSPS) is 15.0. The van der Waals surface area contributed by atoms with Crippen molar-refractivity contribution in [1.82, 2.24) is 4.31 Å². The molecule has 2 aromatic rings. The average Bonchev–Trinajstić information content (AvgIpc) is 2.62. The Morgan fingerprint density at radius 1 is 1.00 bits per heavy atom. The highest BCUT2D eigenvalue weighted by Crippen LogP contribution is 2.34. The van der Waals surface area contributed by atoms with Gasteiger partial charge in [-0.3, -0.25) is 0 Å². The minimum Gasteiger partial charge on any atom is -0.478 e. The Balaban J connectivity index is 2.08. The highest BCUT2D eigenvalue weighted by Gasteiger charge is 2.29. The van der Waals surface area contributed by atoms with Gasteiger partial charge in [-0.1, -0.05) is 42.0 Å². The zero-order valence-electron chi connectivity index (χ0n) is 14.8. The van der Waals surface area contributed by atoms with E-state index in [1.807, 2.05) is 38.1 Å². The Kier molecular flexibility index (Phi) is 4.86. The molecule has 0 spiro atoms. The van der Waals surface area contributed by atoms with Crippen LogP contribution in [0.3, 0.4) is 0 Å². The van der Waals surface area contributed by atoms with Crippen molar-refractivity contribution in [1.29, 1.82) is 0 Å². The second-order valence-corrected chi connectivity index (χ2v) is 8.31. The van der Waals surface area contributed by atoms with Crippen molar-refractivity contribution >= 4 is 15.6 Å². The van der Waals surface area contributed by atoms with Gasteiger partial charge in [-0.2, -0.15) is 0 Å². The predicted molar refractivity (Wildman–Crippen MR) is 99.4 cm³/mol. The van der Waals surface area contributed by atoms with E-state index in [1.54, 1.807) is 31.3 Å². The Hall–Kier alpha value is -2.27. The highest BCUT2D eigenvalue weighted by molar-refractivity contribution is 7.89. The average molecular weight is 357 g/mol. The van der Waals surface area contributed by atoms with Gasteiger partial charge in [-0.15, -0.1) is 0 Å². The molecule has 0 bridgehead atoms. The smallest absolute Gasteiger partial charge is 0.266 e. The molecule has 1 aliphatic rings. The Labute approximate surface area is 149 Å². The van der Waals surface area contributed by atoms with Crippen molar-refractivity contribution in [3.05, 3.63) is 71.1 Å². The van der Waals surface area contributed by atoms with E-state index in [2.05, 4.69) is 0 Å². The lowest BCUT2D eigenvalue weighted by Gasteiger charge is -2.29. The summed E-state index contributed by atoms with van der Waals surface area (Å²) in [5, 5.41) is 0. The molecule has 1 aliphatic heterocycles. The van der Waals surface area contributed by atoms with Crippen LogP contribution in [0.1, 0.15) is 29.5 Å². The molecule has 1 heterocycles. The summed E-state index contributed by atoms with van der Waals surface area (Å²) in [6, 6.07) is 14.9. The molecule has 0 unspecified atom stereocenters. The van der Waals surface area contributed by atoms with Crippen LogP contribution >= 0.6 is 0 Å². The van der Waals surface area contributed by atoms with Crippen LogP contribution in [-0.2, 0) is 14.8 Å². The van der Waals surface area contributed by atoms with Gasteiger partial charge in [0.25, 0.3) is 10.0 Å². The molecule has 0 N–H and O–H groups in total. The van der Waals surface area contributed by atoms with Crippen molar-refractivity contribution in [3.63, 3.8) is 0 Å². The second kappa shape index (κ2) is 6.92. The molecule has 0 fully saturated rings. The number of sulfonamides is 1. The third-order valence-electron chi connectivity index (χ3n) is 4.50. The zero-order chi connectivity index (χ0) is 18.0. The first-order chi connectivity index (χ1) is 11.9. The number of aryl methyl sites for hydroxylation is 2. The molecule has 0 saturated heterocycles. The van der Waals surface area contributed by atoms with Crippen molar-refractivity contribution in [2.75, 3.05) is 13.7 Å². The topological polar surface area (TPSA) is 46.6 Å². The number of hydrogen-bond acceptors (Lipinski definition) is 3. The van der Waals surface area contributed by atoms with Gasteiger partial charge in [0.05, 0.1) is 11.5 Å². The molecule has 4 nitrogen and oxygen atoms in total. The van der Waals surface area contributed by atoms with Crippen LogP contribution in [-0.4, -0.2) is 26.4 Å². The Morgan fingerprint density at radius 3 is 2.36 bits per heavy atom. The fourth-order valence-corrected chi connectivity index (χ4v) is 4.21. The number of ether oxygens (including phenoxy) is 1. The summed E-state index contributed by atoms with van der Waals surface area (Å²) in [7, 11) is -2.10. The summed E-state index contributed by atoms with van der Waals surface area (Å²) < 4.78 is 33.1. The van der Waals surface area contributed by atoms with E-state index in [9.17, 15) is 8.42 Å². The first-order valence-electron chi connectivity index (χ1n) is 8.39. The maximum atomic E-state index is 13.0. The van der Waals surface area contributed by atoms with Gasteiger partial charge in [-0.05, 0) is 49.9 Å². The van der Waals surface area contributed by atoms with Gasteiger partial charge < -0.3 is 4.74 Å². The van der Waals surface area contributed by atoms with Crippen LogP contribution in [0.2, 0.25) is 0 Å². The quantitative estimate of drug-likeness (QED) is 0.827. The van der Waals surface area contributed by atoms with Gasteiger partial charge in [0.15, 0.2) is 0 Å². The highest BCUT2D eigenvalue weighted by atomic mass is 32.2. The van der Waals surface area contributed by atoms with Crippen LogP contribution in [0.5, 0.6) is 0 Å². The lowest BCUT2D eigenvalue weighted by Crippen LogP contribution is -2.30. The monoisotopic (exact) mass is 357 g/mol. The largest absolute Gasteiger partial charge is 0.478 e. The van der Waals surface area contributed by atoms with Crippen molar-refractivity contribution in [2.45, 2.75) is 31.6 Å². The van der Waals surface area contributed by atoms with Crippen molar-refractivity contribution in [3.8, 4) is 0 Å². The molecular formula is C20H23NO3S. The first-order valence-corrected chi connectivity index (χ1v) is 9.83. The van der Waals surface area contributed by atoms with E-state index in [1.165, 1.54) is 4.31 Å². The molecule has 0 aromatic heterocycles. The van der Waals surface area contributed by atoms with Gasteiger partial charge >= 0.3 is 0 Å². The molecule has 0 aliphatic carbocycles. The lowest BCUT2D eigenvalue weighted by molar-refractivity contribution is 0.150. The van der Waals surface area contributed by atoms with Crippen LogP contribution < -0.4 is 0 Å². The summed E-state index contributed by atoms with van der Waals surface area (Å²) in [6.07, 6.45) is 1.68. The zero-order valence-corrected chi connectivity index (χ0v) is 15.6. The Bertz CT molecular complexity index is 899. The maximum Gasteiger partial charge on any atom is 0.266 e. The SMILES string of the molecule is Cc1ccc(S(=O)(=O)N(C)C2=C(c3ccccc3C)CCCO2)cc1. The van der Waals surface area contributed by atoms with E-state index in [4.69, 9.17) is 4.74 Å². The minimum absolute atomic E-state index is 0.270. The Morgan fingerprint density at radius 2 is 1.68 bits per heavy atom.